The molecule has 1 aromatic heterocycles. The summed E-state index contributed by atoms with van der Waals surface area (Å²) >= 11 is 1.31. The highest BCUT2D eigenvalue weighted by molar-refractivity contribution is 7.11. The van der Waals surface area contributed by atoms with E-state index in [1.165, 1.54) is 23.5 Å². The number of thiophene rings is 1. The highest BCUT2D eigenvalue weighted by Gasteiger charge is 2.40. The Bertz CT molecular complexity index is 1170. The van der Waals surface area contributed by atoms with Crippen LogP contribution in [0.5, 0.6) is 5.75 Å². The van der Waals surface area contributed by atoms with Gasteiger partial charge in [-0.05, 0) is 60.3 Å². The average Bonchev–Trinajstić information content (AvgIpc) is 3.29. The number of carbonyl (C=O) groups is 2. The van der Waals surface area contributed by atoms with Crippen LogP contribution in [0.4, 0.5) is 24.5 Å². The van der Waals surface area contributed by atoms with E-state index in [1.807, 2.05) is 13.0 Å². The predicted molar refractivity (Wildman–Crippen MR) is 112 cm³/mol. The van der Waals surface area contributed by atoms with Crippen LogP contribution in [0, 0.1) is 6.92 Å². The number of nitrogens with one attached hydrogen (secondary N) is 1. The number of nitrogens with zero attached hydrogens (tertiary/aromatic N) is 1. The minimum Gasteiger partial charge on any atom is -0.406 e. The number of hydrogen-bond donors (Lipinski definition) is 1. The van der Waals surface area contributed by atoms with Crippen LogP contribution in [0.1, 0.15) is 10.4 Å². The van der Waals surface area contributed by atoms with E-state index in [1.54, 1.807) is 35.7 Å². The monoisotopic (exact) mass is 444 g/mol. The summed E-state index contributed by atoms with van der Waals surface area (Å²) in [6.45, 7) is 1.85. The molecule has 0 bridgehead atoms. The number of anilines is 2. The zero-order valence-corrected chi connectivity index (χ0v) is 16.9. The molecule has 4 rings (SSSR count). The van der Waals surface area contributed by atoms with Crippen molar-refractivity contribution in [3.63, 3.8) is 0 Å². The van der Waals surface area contributed by atoms with Gasteiger partial charge in [0.1, 0.15) is 11.4 Å². The van der Waals surface area contributed by atoms with Gasteiger partial charge in [-0.3, -0.25) is 9.59 Å². The van der Waals surface area contributed by atoms with Crippen molar-refractivity contribution in [2.24, 2.45) is 0 Å². The molecule has 1 aliphatic rings. The summed E-state index contributed by atoms with van der Waals surface area (Å²) < 4.78 is 41.0. The summed E-state index contributed by atoms with van der Waals surface area (Å²) in [6.07, 6.45) is -4.80. The molecule has 1 N–H and O–H groups in total. The van der Waals surface area contributed by atoms with Crippen LogP contribution in [-0.4, -0.2) is 18.2 Å². The van der Waals surface area contributed by atoms with Crippen LogP contribution in [0.25, 0.3) is 5.57 Å². The molecule has 0 spiro atoms. The first-order valence-electron chi connectivity index (χ1n) is 9.09. The van der Waals surface area contributed by atoms with Crippen LogP contribution in [0.15, 0.2) is 71.7 Å². The van der Waals surface area contributed by atoms with Gasteiger partial charge < -0.3 is 10.1 Å². The molecule has 0 radical (unpaired) electrons. The Balaban J connectivity index is 1.69. The van der Waals surface area contributed by atoms with Crippen molar-refractivity contribution < 1.29 is 27.5 Å². The lowest BCUT2D eigenvalue weighted by Gasteiger charge is -2.16. The van der Waals surface area contributed by atoms with Gasteiger partial charge >= 0.3 is 6.36 Å². The highest BCUT2D eigenvalue weighted by Crippen LogP contribution is 2.36. The van der Waals surface area contributed by atoms with Gasteiger partial charge in [-0.1, -0.05) is 18.2 Å². The number of benzene rings is 2. The first-order chi connectivity index (χ1) is 14.7. The van der Waals surface area contributed by atoms with E-state index >= 15 is 0 Å². The van der Waals surface area contributed by atoms with E-state index in [2.05, 4.69) is 10.1 Å². The predicted octanol–water partition coefficient (Wildman–Crippen LogP) is 5.35. The minimum absolute atomic E-state index is 0.0541. The van der Waals surface area contributed by atoms with E-state index in [-0.39, 0.29) is 17.0 Å². The van der Waals surface area contributed by atoms with E-state index in [9.17, 15) is 22.8 Å². The number of imide groups is 1. The third-order valence-corrected chi connectivity index (χ3v) is 5.36. The summed E-state index contributed by atoms with van der Waals surface area (Å²) in [5.41, 5.74) is 1.92. The third-order valence-electron chi connectivity index (χ3n) is 4.47. The molecular formula is C22H15F3N2O3S. The molecule has 0 saturated carbocycles. The average molecular weight is 444 g/mol. The van der Waals surface area contributed by atoms with E-state index in [0.717, 1.165) is 22.6 Å². The second-order valence-corrected chi connectivity index (χ2v) is 7.66. The molecule has 0 aliphatic carbocycles. The molecule has 0 atom stereocenters. The smallest absolute Gasteiger partial charge is 0.406 e. The number of halogens is 3. The zero-order chi connectivity index (χ0) is 22.2. The lowest BCUT2D eigenvalue weighted by Crippen LogP contribution is -2.32. The molecule has 2 heterocycles. The Hall–Kier alpha value is -3.59. The molecule has 3 aromatic rings. The quantitative estimate of drug-likeness (QED) is 0.539. The number of aryl methyl sites for hydroxylation is 1. The summed E-state index contributed by atoms with van der Waals surface area (Å²) in [7, 11) is 0. The molecule has 0 saturated heterocycles. The molecule has 0 fully saturated rings. The van der Waals surface area contributed by atoms with Crippen LogP contribution < -0.4 is 15.0 Å². The van der Waals surface area contributed by atoms with Crippen molar-refractivity contribution >= 4 is 40.1 Å². The number of amides is 2. The molecule has 31 heavy (non-hydrogen) atoms. The molecule has 5 nitrogen and oxygen atoms in total. The highest BCUT2D eigenvalue weighted by atomic mass is 32.1. The number of hydrogen-bond acceptors (Lipinski definition) is 5. The van der Waals surface area contributed by atoms with Gasteiger partial charge in [-0.2, -0.15) is 0 Å². The molecule has 0 unspecified atom stereocenters. The van der Waals surface area contributed by atoms with E-state index in [4.69, 9.17) is 0 Å². The summed E-state index contributed by atoms with van der Waals surface area (Å²) in [5.74, 6) is -1.41. The Labute approximate surface area is 179 Å². The van der Waals surface area contributed by atoms with Crippen LogP contribution in [0.2, 0.25) is 0 Å². The van der Waals surface area contributed by atoms with Crippen molar-refractivity contribution in [1.29, 1.82) is 0 Å². The standard InChI is InChI=1S/C22H15F3N2O3S/c1-13-4-2-5-15(12-13)27-20(28)18(17-6-3-11-31-17)19(21(27)29)26-14-7-9-16(10-8-14)30-22(23,24)25/h2-12,26H,1H3. The second-order valence-electron chi connectivity index (χ2n) is 6.71. The molecule has 2 amide bonds. The van der Waals surface area contributed by atoms with Gasteiger partial charge in [0, 0.05) is 10.6 Å². The van der Waals surface area contributed by atoms with Crippen molar-refractivity contribution in [3.05, 3.63) is 82.2 Å². The molecule has 2 aromatic carbocycles. The Morgan fingerprint density at radius 1 is 0.968 bits per heavy atom. The fraction of sp³-hybridized carbons (Fsp3) is 0.0909. The van der Waals surface area contributed by atoms with E-state index in [0.29, 0.717) is 16.3 Å². The first-order valence-corrected chi connectivity index (χ1v) is 9.97. The Kier molecular flexibility index (Phi) is 5.28. The van der Waals surface area contributed by atoms with Crippen molar-refractivity contribution in [1.82, 2.24) is 0 Å². The maximum Gasteiger partial charge on any atom is 0.573 e. The van der Waals surface area contributed by atoms with Crippen molar-refractivity contribution in [2.75, 3.05) is 10.2 Å². The van der Waals surface area contributed by atoms with Crippen molar-refractivity contribution in [3.8, 4) is 5.75 Å². The Morgan fingerprint density at radius 2 is 1.71 bits per heavy atom. The largest absolute Gasteiger partial charge is 0.573 e. The van der Waals surface area contributed by atoms with Crippen LogP contribution >= 0.6 is 11.3 Å². The Morgan fingerprint density at radius 3 is 2.32 bits per heavy atom. The van der Waals surface area contributed by atoms with Crippen LogP contribution in [0.3, 0.4) is 0 Å². The SMILES string of the molecule is Cc1cccc(N2C(=O)C(Nc3ccc(OC(F)(F)F)cc3)=C(c3cccs3)C2=O)c1. The summed E-state index contributed by atoms with van der Waals surface area (Å²) in [6, 6.07) is 15.4. The minimum atomic E-state index is -4.80. The van der Waals surface area contributed by atoms with Gasteiger partial charge in [0.15, 0.2) is 0 Å². The maximum atomic E-state index is 13.2. The number of carbonyl (C=O) groups excluding carboxylic acids is 2. The topological polar surface area (TPSA) is 58.6 Å². The van der Waals surface area contributed by atoms with Gasteiger partial charge in [0.2, 0.25) is 0 Å². The normalized spacial score (nSPS) is 14.4. The molecule has 9 heteroatoms. The fourth-order valence-electron chi connectivity index (χ4n) is 3.18. The first kappa shape index (κ1) is 20.7. The van der Waals surface area contributed by atoms with Crippen LogP contribution in [-0.2, 0) is 9.59 Å². The third kappa shape index (κ3) is 4.31. The zero-order valence-electron chi connectivity index (χ0n) is 16.1. The number of ether oxygens (including phenoxy) is 1. The summed E-state index contributed by atoms with van der Waals surface area (Å²) in [4.78, 5) is 28.1. The second kappa shape index (κ2) is 7.92. The molecular weight excluding hydrogens is 429 g/mol. The summed E-state index contributed by atoms with van der Waals surface area (Å²) in [5, 5.41) is 4.69. The van der Waals surface area contributed by atoms with Gasteiger partial charge in [0.05, 0.1) is 11.3 Å². The molecule has 158 valence electrons. The number of rotatable bonds is 5. The fourth-order valence-corrected chi connectivity index (χ4v) is 3.95. The van der Waals surface area contributed by atoms with Gasteiger partial charge in [-0.25, -0.2) is 4.90 Å². The van der Waals surface area contributed by atoms with E-state index < -0.39 is 18.2 Å². The van der Waals surface area contributed by atoms with Gasteiger partial charge in [-0.15, -0.1) is 24.5 Å². The lowest BCUT2D eigenvalue weighted by atomic mass is 10.1. The molecule has 1 aliphatic heterocycles. The lowest BCUT2D eigenvalue weighted by molar-refractivity contribution is -0.274. The maximum absolute atomic E-state index is 13.2. The number of alkyl halides is 3. The van der Waals surface area contributed by atoms with Gasteiger partial charge in [0.25, 0.3) is 11.8 Å². The van der Waals surface area contributed by atoms with Crippen molar-refractivity contribution in [2.45, 2.75) is 13.3 Å².